The topological polar surface area (TPSA) is 49.2 Å². The van der Waals surface area contributed by atoms with Crippen LogP contribution < -0.4 is 0 Å². The third-order valence-corrected chi connectivity index (χ3v) is 3.56. The lowest BCUT2D eigenvalue weighted by Gasteiger charge is -2.29. The van der Waals surface area contributed by atoms with E-state index < -0.39 is 5.60 Å². The molecule has 2 rings (SSSR count). The summed E-state index contributed by atoms with van der Waals surface area (Å²) in [6.45, 7) is 7.67. The minimum absolute atomic E-state index is 0.504. The Morgan fingerprint density at radius 3 is 2.44 bits per heavy atom. The van der Waals surface area contributed by atoms with Gasteiger partial charge in [-0.2, -0.15) is 0 Å². The number of likely N-dealkylation sites (tertiary alicyclic amines) is 1. The molecule has 4 nitrogen and oxygen atoms in total. The fraction of sp³-hybridized carbons (Fsp3) is 0.714. The Labute approximate surface area is 109 Å². The first-order valence-corrected chi connectivity index (χ1v) is 6.63. The van der Waals surface area contributed by atoms with Crippen LogP contribution in [0.3, 0.4) is 0 Å². The Morgan fingerprint density at radius 1 is 1.28 bits per heavy atom. The molecule has 1 aromatic heterocycles. The van der Waals surface area contributed by atoms with Crippen molar-refractivity contribution in [3.05, 3.63) is 23.3 Å². The van der Waals surface area contributed by atoms with Crippen molar-refractivity contribution in [2.75, 3.05) is 20.1 Å². The Bertz CT molecular complexity index is 418. The number of piperidine rings is 1. The highest BCUT2D eigenvalue weighted by molar-refractivity contribution is 5.17. The van der Waals surface area contributed by atoms with E-state index in [1.807, 2.05) is 6.92 Å². The van der Waals surface area contributed by atoms with E-state index in [9.17, 15) is 5.11 Å². The predicted octanol–water partition coefficient (Wildman–Crippen LogP) is 1.82. The van der Waals surface area contributed by atoms with Crippen molar-refractivity contribution in [3.63, 3.8) is 0 Å². The molecule has 4 heteroatoms. The Balaban J connectivity index is 2.25. The number of aromatic nitrogens is 2. The molecule has 1 fully saturated rings. The number of hydrogen-bond donors (Lipinski definition) is 1. The summed E-state index contributed by atoms with van der Waals surface area (Å²) in [6.07, 6.45) is 2.27. The van der Waals surface area contributed by atoms with Gasteiger partial charge in [-0.1, -0.05) is 0 Å². The first kappa shape index (κ1) is 13.4. The first-order valence-electron chi connectivity index (χ1n) is 6.63. The molecule has 0 atom stereocenters. The lowest BCUT2D eigenvalue weighted by Crippen LogP contribution is -2.30. The lowest BCUT2D eigenvalue weighted by molar-refractivity contribution is 0.0680. The molecule has 0 aliphatic carbocycles. The van der Waals surface area contributed by atoms with E-state index in [0.29, 0.717) is 11.7 Å². The molecule has 0 saturated carbocycles. The van der Waals surface area contributed by atoms with Gasteiger partial charge in [-0.25, -0.2) is 9.97 Å². The van der Waals surface area contributed by atoms with Gasteiger partial charge >= 0.3 is 0 Å². The molecule has 0 radical (unpaired) electrons. The zero-order valence-electron chi connectivity index (χ0n) is 11.8. The highest BCUT2D eigenvalue weighted by Crippen LogP contribution is 2.27. The van der Waals surface area contributed by atoms with Gasteiger partial charge in [0.05, 0.1) is 0 Å². The number of aryl methyl sites for hydroxylation is 1. The molecular formula is C14H23N3O. The molecule has 1 saturated heterocycles. The van der Waals surface area contributed by atoms with Gasteiger partial charge in [0, 0.05) is 17.3 Å². The molecule has 0 spiro atoms. The van der Waals surface area contributed by atoms with Gasteiger partial charge in [0.2, 0.25) is 0 Å². The van der Waals surface area contributed by atoms with Gasteiger partial charge in [-0.3, -0.25) is 0 Å². The minimum Gasteiger partial charge on any atom is -0.382 e. The summed E-state index contributed by atoms with van der Waals surface area (Å²) >= 11 is 0. The molecule has 1 aromatic rings. The molecule has 0 aromatic carbocycles. The van der Waals surface area contributed by atoms with Crippen molar-refractivity contribution in [2.45, 2.75) is 45.1 Å². The highest BCUT2D eigenvalue weighted by atomic mass is 16.3. The van der Waals surface area contributed by atoms with Gasteiger partial charge < -0.3 is 10.0 Å². The maximum Gasteiger partial charge on any atom is 0.159 e. The van der Waals surface area contributed by atoms with Gasteiger partial charge in [0.1, 0.15) is 5.60 Å². The van der Waals surface area contributed by atoms with Crippen LogP contribution in [0.15, 0.2) is 6.07 Å². The normalized spacial score (nSPS) is 19.2. The summed E-state index contributed by atoms with van der Waals surface area (Å²) in [5.41, 5.74) is 1.07. The van der Waals surface area contributed by atoms with Crippen LogP contribution in [0.2, 0.25) is 0 Å². The Morgan fingerprint density at radius 2 is 1.89 bits per heavy atom. The molecule has 1 N–H and O–H groups in total. The summed E-state index contributed by atoms with van der Waals surface area (Å²) < 4.78 is 0. The third kappa shape index (κ3) is 3.06. The van der Waals surface area contributed by atoms with E-state index in [1.54, 1.807) is 13.8 Å². The van der Waals surface area contributed by atoms with Gasteiger partial charge in [0.25, 0.3) is 0 Å². The van der Waals surface area contributed by atoms with Crippen molar-refractivity contribution in [2.24, 2.45) is 0 Å². The van der Waals surface area contributed by atoms with E-state index in [-0.39, 0.29) is 0 Å². The predicted molar refractivity (Wildman–Crippen MR) is 71.5 cm³/mol. The average Bonchev–Trinajstić information content (AvgIpc) is 2.28. The van der Waals surface area contributed by atoms with E-state index in [2.05, 4.69) is 28.0 Å². The number of rotatable bonds is 2. The molecule has 0 bridgehead atoms. The van der Waals surface area contributed by atoms with E-state index in [4.69, 9.17) is 0 Å². The van der Waals surface area contributed by atoms with Crippen LogP contribution in [0.25, 0.3) is 0 Å². The largest absolute Gasteiger partial charge is 0.382 e. The van der Waals surface area contributed by atoms with Crippen LogP contribution in [-0.4, -0.2) is 40.1 Å². The fourth-order valence-electron chi connectivity index (χ4n) is 2.38. The zero-order chi connectivity index (χ0) is 13.3. The van der Waals surface area contributed by atoms with E-state index in [0.717, 1.165) is 37.3 Å². The number of hydrogen-bond acceptors (Lipinski definition) is 4. The molecule has 0 amide bonds. The average molecular weight is 249 g/mol. The zero-order valence-corrected chi connectivity index (χ0v) is 11.8. The summed E-state index contributed by atoms with van der Waals surface area (Å²) in [5.74, 6) is 1.04. The Hall–Kier alpha value is -1.00. The lowest BCUT2D eigenvalue weighted by atomic mass is 9.93. The highest BCUT2D eigenvalue weighted by Gasteiger charge is 2.24. The summed E-state index contributed by atoms with van der Waals surface area (Å²) in [5, 5.41) is 10.0. The quantitative estimate of drug-likeness (QED) is 0.868. The third-order valence-electron chi connectivity index (χ3n) is 3.56. The smallest absolute Gasteiger partial charge is 0.159 e. The molecule has 0 unspecified atom stereocenters. The van der Waals surface area contributed by atoms with Crippen LogP contribution in [0, 0.1) is 6.92 Å². The van der Waals surface area contributed by atoms with E-state index >= 15 is 0 Å². The van der Waals surface area contributed by atoms with Crippen molar-refractivity contribution >= 4 is 0 Å². The number of aliphatic hydroxyl groups is 1. The summed E-state index contributed by atoms with van der Waals surface area (Å²) in [7, 11) is 2.16. The molecule has 1 aliphatic rings. The van der Waals surface area contributed by atoms with Crippen molar-refractivity contribution < 1.29 is 5.11 Å². The fourth-order valence-corrected chi connectivity index (χ4v) is 2.38. The standard InChI is InChI=1S/C14H23N3O/c1-10-9-12(11-5-7-17(4)8-6-11)16-13(15-10)14(2,3)18/h9,11,18H,5-8H2,1-4H3. The molecule has 1 aliphatic heterocycles. The molecule has 100 valence electrons. The molecule has 18 heavy (non-hydrogen) atoms. The van der Waals surface area contributed by atoms with Crippen LogP contribution in [0.1, 0.15) is 49.8 Å². The van der Waals surface area contributed by atoms with Gasteiger partial charge in [-0.15, -0.1) is 0 Å². The molecule has 2 heterocycles. The second kappa shape index (κ2) is 4.94. The van der Waals surface area contributed by atoms with Crippen molar-refractivity contribution in [1.29, 1.82) is 0 Å². The molecular weight excluding hydrogens is 226 g/mol. The van der Waals surface area contributed by atoms with Gasteiger partial charge in [0.15, 0.2) is 5.82 Å². The number of nitrogens with zero attached hydrogens (tertiary/aromatic N) is 3. The van der Waals surface area contributed by atoms with Crippen molar-refractivity contribution in [1.82, 2.24) is 14.9 Å². The maximum absolute atomic E-state index is 10.0. The maximum atomic E-state index is 10.0. The van der Waals surface area contributed by atoms with Gasteiger partial charge in [-0.05, 0) is 59.8 Å². The second-order valence-corrected chi connectivity index (χ2v) is 5.89. The van der Waals surface area contributed by atoms with Crippen LogP contribution in [0.4, 0.5) is 0 Å². The summed E-state index contributed by atoms with van der Waals surface area (Å²) in [6, 6.07) is 2.06. The van der Waals surface area contributed by atoms with E-state index in [1.165, 1.54) is 0 Å². The monoisotopic (exact) mass is 249 g/mol. The van der Waals surface area contributed by atoms with Crippen molar-refractivity contribution in [3.8, 4) is 0 Å². The summed E-state index contributed by atoms with van der Waals surface area (Å²) in [4.78, 5) is 11.3. The van der Waals surface area contributed by atoms with Crippen LogP contribution >= 0.6 is 0 Å². The Kier molecular flexibility index (Phi) is 3.69. The first-order chi connectivity index (χ1) is 8.36. The second-order valence-electron chi connectivity index (χ2n) is 5.89. The van der Waals surface area contributed by atoms with Crippen LogP contribution in [0.5, 0.6) is 0 Å². The van der Waals surface area contributed by atoms with Crippen LogP contribution in [-0.2, 0) is 5.60 Å². The SMILES string of the molecule is Cc1cc(C2CCN(C)CC2)nc(C(C)(C)O)n1. The minimum atomic E-state index is -0.966.